The lowest BCUT2D eigenvalue weighted by molar-refractivity contribution is 0.397. The topological polar surface area (TPSA) is 39.9 Å². The van der Waals surface area contributed by atoms with Crippen LogP contribution in [-0.2, 0) is 7.05 Å². The summed E-state index contributed by atoms with van der Waals surface area (Å²) in [7, 11) is 3.51. The van der Waals surface area contributed by atoms with Crippen molar-refractivity contribution in [1.29, 1.82) is 0 Å². The Labute approximate surface area is 88.5 Å². The minimum atomic E-state index is 0.632. The Kier molecular flexibility index (Phi) is 2.41. The molecular weight excluding hydrogens is 190 g/mol. The summed E-state index contributed by atoms with van der Waals surface area (Å²) in [6.07, 6.45) is 3.70. The predicted octanol–water partition coefficient (Wildman–Crippen LogP) is 1.80. The van der Waals surface area contributed by atoms with E-state index in [2.05, 4.69) is 10.1 Å². The van der Waals surface area contributed by atoms with Crippen LogP contribution in [0.3, 0.4) is 0 Å². The number of pyridine rings is 1. The van der Waals surface area contributed by atoms with Gasteiger partial charge in [-0.2, -0.15) is 5.10 Å². The molecule has 0 fully saturated rings. The van der Waals surface area contributed by atoms with Crippen molar-refractivity contribution in [3.8, 4) is 17.1 Å². The minimum Gasteiger partial charge on any atom is -0.481 e. The summed E-state index contributed by atoms with van der Waals surface area (Å²) in [6, 6.07) is 3.88. The maximum absolute atomic E-state index is 5.05. The van der Waals surface area contributed by atoms with Crippen molar-refractivity contribution in [2.75, 3.05) is 7.11 Å². The number of rotatable bonds is 2. The van der Waals surface area contributed by atoms with Crippen LogP contribution in [0.1, 0.15) is 5.56 Å². The van der Waals surface area contributed by atoms with Gasteiger partial charge in [-0.05, 0) is 18.6 Å². The number of ether oxygens (including phenoxy) is 1. The summed E-state index contributed by atoms with van der Waals surface area (Å²) in [4.78, 5) is 4.17. The molecule has 0 spiro atoms. The summed E-state index contributed by atoms with van der Waals surface area (Å²) >= 11 is 0. The molecule has 2 heterocycles. The van der Waals surface area contributed by atoms with E-state index in [-0.39, 0.29) is 0 Å². The van der Waals surface area contributed by atoms with E-state index in [0.717, 1.165) is 16.8 Å². The first-order chi connectivity index (χ1) is 7.20. The van der Waals surface area contributed by atoms with Crippen LogP contribution in [0.4, 0.5) is 0 Å². The van der Waals surface area contributed by atoms with Crippen molar-refractivity contribution in [2.45, 2.75) is 6.92 Å². The van der Waals surface area contributed by atoms with Gasteiger partial charge in [0.1, 0.15) is 0 Å². The van der Waals surface area contributed by atoms with Crippen LogP contribution in [0.5, 0.6) is 5.88 Å². The van der Waals surface area contributed by atoms with E-state index < -0.39 is 0 Å². The van der Waals surface area contributed by atoms with E-state index in [9.17, 15) is 0 Å². The van der Waals surface area contributed by atoms with Crippen LogP contribution in [0, 0.1) is 6.92 Å². The lowest BCUT2D eigenvalue weighted by Crippen LogP contribution is -1.93. The second kappa shape index (κ2) is 3.73. The van der Waals surface area contributed by atoms with Gasteiger partial charge in [0.15, 0.2) is 0 Å². The van der Waals surface area contributed by atoms with Crippen LogP contribution in [0.15, 0.2) is 24.5 Å². The lowest BCUT2D eigenvalue weighted by atomic mass is 10.1. The van der Waals surface area contributed by atoms with Crippen LogP contribution >= 0.6 is 0 Å². The van der Waals surface area contributed by atoms with Crippen molar-refractivity contribution in [1.82, 2.24) is 14.8 Å². The van der Waals surface area contributed by atoms with Crippen molar-refractivity contribution in [3.63, 3.8) is 0 Å². The van der Waals surface area contributed by atoms with Crippen LogP contribution in [-0.4, -0.2) is 21.9 Å². The number of hydrogen-bond donors (Lipinski definition) is 0. The van der Waals surface area contributed by atoms with Gasteiger partial charge in [0.2, 0.25) is 5.88 Å². The number of aryl methyl sites for hydroxylation is 2. The smallest absolute Gasteiger partial charge is 0.213 e. The molecule has 0 aliphatic heterocycles. The zero-order valence-corrected chi connectivity index (χ0v) is 9.06. The predicted molar refractivity (Wildman–Crippen MR) is 57.7 cm³/mol. The van der Waals surface area contributed by atoms with Crippen LogP contribution in [0.2, 0.25) is 0 Å². The Balaban J connectivity index is 2.45. The van der Waals surface area contributed by atoms with E-state index in [0.29, 0.717) is 5.88 Å². The summed E-state index contributed by atoms with van der Waals surface area (Å²) in [5.41, 5.74) is 3.09. The van der Waals surface area contributed by atoms with Gasteiger partial charge in [0.25, 0.3) is 0 Å². The minimum absolute atomic E-state index is 0.632. The highest BCUT2D eigenvalue weighted by atomic mass is 16.5. The Morgan fingerprint density at radius 2 is 2.20 bits per heavy atom. The Hall–Kier alpha value is -1.84. The van der Waals surface area contributed by atoms with Gasteiger partial charge >= 0.3 is 0 Å². The quantitative estimate of drug-likeness (QED) is 0.747. The number of aromatic nitrogens is 3. The highest BCUT2D eigenvalue weighted by molar-refractivity contribution is 5.62. The molecular formula is C11H13N3O. The SMILES string of the molecule is COc1cc(C)c(-c2ccn(C)n2)cn1. The molecule has 0 N–H and O–H groups in total. The fourth-order valence-corrected chi connectivity index (χ4v) is 1.47. The van der Waals surface area contributed by atoms with Gasteiger partial charge in [-0.25, -0.2) is 4.98 Å². The van der Waals surface area contributed by atoms with E-state index in [1.54, 1.807) is 18.0 Å². The lowest BCUT2D eigenvalue weighted by Gasteiger charge is -2.04. The van der Waals surface area contributed by atoms with E-state index in [1.165, 1.54) is 0 Å². The third-order valence-electron chi connectivity index (χ3n) is 2.28. The zero-order chi connectivity index (χ0) is 10.8. The maximum atomic E-state index is 5.05. The van der Waals surface area contributed by atoms with Crippen molar-refractivity contribution in [2.24, 2.45) is 7.05 Å². The molecule has 0 saturated heterocycles. The van der Waals surface area contributed by atoms with Crippen LogP contribution in [0.25, 0.3) is 11.3 Å². The second-order valence-corrected chi connectivity index (χ2v) is 3.42. The Bertz CT molecular complexity index is 476. The molecule has 0 saturated carbocycles. The van der Waals surface area contributed by atoms with Crippen molar-refractivity contribution < 1.29 is 4.74 Å². The summed E-state index contributed by atoms with van der Waals surface area (Å²) in [6.45, 7) is 2.02. The van der Waals surface area contributed by atoms with Gasteiger partial charge in [-0.15, -0.1) is 0 Å². The fourth-order valence-electron chi connectivity index (χ4n) is 1.47. The van der Waals surface area contributed by atoms with Gasteiger partial charge in [0, 0.05) is 31.1 Å². The monoisotopic (exact) mass is 203 g/mol. The molecule has 0 aliphatic rings. The molecule has 0 aliphatic carbocycles. The molecule has 0 unspecified atom stereocenters. The average molecular weight is 203 g/mol. The summed E-state index contributed by atoms with van der Waals surface area (Å²) in [5.74, 6) is 0.632. The van der Waals surface area contributed by atoms with Gasteiger partial charge in [-0.1, -0.05) is 0 Å². The molecule has 0 amide bonds. The normalized spacial score (nSPS) is 10.3. The molecule has 0 atom stereocenters. The van der Waals surface area contributed by atoms with Gasteiger partial charge in [0.05, 0.1) is 12.8 Å². The molecule has 4 heteroatoms. The summed E-state index contributed by atoms with van der Waals surface area (Å²) < 4.78 is 6.83. The Morgan fingerprint density at radius 3 is 2.73 bits per heavy atom. The van der Waals surface area contributed by atoms with Gasteiger partial charge < -0.3 is 4.74 Å². The Morgan fingerprint density at radius 1 is 1.40 bits per heavy atom. The first kappa shape index (κ1) is 9.71. The molecule has 78 valence electrons. The zero-order valence-electron chi connectivity index (χ0n) is 9.06. The maximum Gasteiger partial charge on any atom is 0.213 e. The highest BCUT2D eigenvalue weighted by Gasteiger charge is 2.06. The van der Waals surface area contributed by atoms with E-state index >= 15 is 0 Å². The number of nitrogens with zero attached hydrogens (tertiary/aromatic N) is 3. The van der Waals surface area contributed by atoms with Gasteiger partial charge in [-0.3, -0.25) is 4.68 Å². The number of hydrogen-bond acceptors (Lipinski definition) is 3. The second-order valence-electron chi connectivity index (χ2n) is 3.42. The van der Waals surface area contributed by atoms with Crippen molar-refractivity contribution >= 4 is 0 Å². The largest absolute Gasteiger partial charge is 0.481 e. The first-order valence-corrected chi connectivity index (χ1v) is 4.71. The number of methoxy groups -OCH3 is 1. The molecule has 0 aromatic carbocycles. The summed E-state index contributed by atoms with van der Waals surface area (Å²) in [5, 5.41) is 4.33. The molecule has 15 heavy (non-hydrogen) atoms. The fraction of sp³-hybridized carbons (Fsp3) is 0.273. The van der Waals surface area contributed by atoms with Crippen LogP contribution < -0.4 is 4.74 Å². The standard InChI is InChI=1S/C11H13N3O/c1-8-6-11(15-3)12-7-9(8)10-4-5-14(2)13-10/h4-7H,1-3H3. The van der Waals surface area contributed by atoms with E-state index in [4.69, 9.17) is 4.74 Å². The molecule has 2 rings (SSSR count). The molecule has 0 radical (unpaired) electrons. The molecule has 0 bridgehead atoms. The molecule has 2 aromatic rings. The first-order valence-electron chi connectivity index (χ1n) is 4.71. The third kappa shape index (κ3) is 1.83. The molecule has 4 nitrogen and oxygen atoms in total. The third-order valence-corrected chi connectivity index (χ3v) is 2.28. The highest BCUT2D eigenvalue weighted by Crippen LogP contribution is 2.22. The molecule has 2 aromatic heterocycles. The average Bonchev–Trinajstić information content (AvgIpc) is 2.64. The van der Waals surface area contributed by atoms with Crippen molar-refractivity contribution in [3.05, 3.63) is 30.1 Å². The van der Waals surface area contributed by atoms with E-state index in [1.807, 2.05) is 32.3 Å².